The Balaban J connectivity index is 1.65. The Morgan fingerprint density at radius 1 is 1.11 bits per heavy atom. The van der Waals surface area contributed by atoms with E-state index in [1.807, 2.05) is 0 Å². The Labute approximate surface area is 211 Å². The fourth-order valence-corrected chi connectivity index (χ4v) is 5.46. The van der Waals surface area contributed by atoms with Gasteiger partial charge in [0.1, 0.15) is 0 Å². The number of rotatable bonds is 4. The number of anilines is 1. The molecule has 1 aliphatic heterocycles. The van der Waals surface area contributed by atoms with Gasteiger partial charge in [0.25, 0.3) is 5.91 Å². The highest BCUT2D eigenvalue weighted by Crippen LogP contribution is 2.49. The molecule has 0 radical (unpaired) electrons. The Morgan fingerprint density at radius 3 is 2.34 bits per heavy atom. The van der Waals surface area contributed by atoms with Gasteiger partial charge in [0.15, 0.2) is 10.8 Å². The summed E-state index contributed by atoms with van der Waals surface area (Å²) in [6, 6.07) is 4.87. The first kappa shape index (κ1) is 25.8. The smallest absolute Gasteiger partial charge is 0.297 e. The van der Waals surface area contributed by atoms with E-state index < -0.39 is 29.6 Å². The van der Waals surface area contributed by atoms with Gasteiger partial charge in [-0.3, -0.25) is 20.4 Å². The molecule has 5 nitrogen and oxygen atoms in total. The monoisotopic (exact) mass is 573 g/mol. The number of halogens is 8. The number of nitrogens with one attached hydrogen (secondary N) is 2. The molecule has 1 atom stereocenters. The van der Waals surface area contributed by atoms with E-state index in [0.29, 0.717) is 16.9 Å². The highest BCUT2D eigenvalue weighted by atomic mass is 35.5. The average molecular weight is 574 g/mol. The number of aryl methyl sites for hydroxylation is 1. The van der Waals surface area contributed by atoms with Crippen LogP contribution in [0.4, 0.5) is 31.5 Å². The van der Waals surface area contributed by atoms with Gasteiger partial charge in [0, 0.05) is 21.0 Å². The van der Waals surface area contributed by atoms with Crippen molar-refractivity contribution in [2.24, 2.45) is 0 Å². The van der Waals surface area contributed by atoms with Crippen LogP contribution in [0.3, 0.4) is 0 Å². The lowest BCUT2D eigenvalue weighted by molar-refractivity contribution is -0.269. The third-order valence-corrected chi connectivity index (χ3v) is 7.25. The summed E-state index contributed by atoms with van der Waals surface area (Å²) >= 11 is 13.2. The molecule has 1 unspecified atom stereocenters. The van der Waals surface area contributed by atoms with Crippen LogP contribution in [0.5, 0.6) is 0 Å². The van der Waals surface area contributed by atoms with Gasteiger partial charge in [-0.05, 0) is 42.8 Å². The Morgan fingerprint density at radius 2 is 1.77 bits per heavy atom. The van der Waals surface area contributed by atoms with E-state index in [2.05, 4.69) is 15.8 Å². The lowest BCUT2D eigenvalue weighted by atomic mass is 9.92. The van der Waals surface area contributed by atoms with Gasteiger partial charge in [-0.15, -0.1) is 22.7 Å². The summed E-state index contributed by atoms with van der Waals surface area (Å²) in [7, 11) is 0. The molecule has 35 heavy (non-hydrogen) atoms. The Bertz CT molecular complexity index is 1310. The van der Waals surface area contributed by atoms with Crippen LogP contribution in [0.15, 0.2) is 35.7 Å². The molecular formula is C20H11Cl2F6N3O2S2. The van der Waals surface area contributed by atoms with Gasteiger partial charge in [0.2, 0.25) is 5.60 Å². The van der Waals surface area contributed by atoms with Gasteiger partial charge < -0.3 is 0 Å². The van der Waals surface area contributed by atoms with Gasteiger partial charge in [-0.2, -0.15) is 26.3 Å². The number of aromatic nitrogens is 1. The highest BCUT2D eigenvalue weighted by molar-refractivity contribution is 7.16. The normalized spacial score (nSPS) is 18.4. The number of benzene rings is 1. The summed E-state index contributed by atoms with van der Waals surface area (Å²) in [6.07, 6.45) is -8.77. The second-order valence-corrected chi connectivity index (χ2v) is 10.0. The van der Waals surface area contributed by atoms with Crippen LogP contribution in [0.2, 0.25) is 10.0 Å². The zero-order valence-electron chi connectivity index (χ0n) is 17.1. The zero-order chi connectivity index (χ0) is 25.8. The maximum absolute atomic E-state index is 14.2. The lowest BCUT2D eigenvalue weighted by Crippen LogP contribution is -2.42. The molecular weight excluding hydrogens is 563 g/mol. The summed E-state index contributed by atoms with van der Waals surface area (Å²) in [4.78, 5) is 21.2. The van der Waals surface area contributed by atoms with Crippen molar-refractivity contribution >= 4 is 62.6 Å². The van der Waals surface area contributed by atoms with Crippen molar-refractivity contribution in [3.8, 4) is 0 Å². The number of carbonyl (C=O) groups is 1. The Kier molecular flexibility index (Phi) is 6.60. The molecule has 0 spiro atoms. The number of alkyl halides is 6. The molecule has 0 saturated heterocycles. The van der Waals surface area contributed by atoms with Crippen molar-refractivity contribution in [2.75, 3.05) is 5.32 Å². The molecule has 15 heteroatoms. The van der Waals surface area contributed by atoms with Crippen LogP contribution in [-0.2, 0) is 16.6 Å². The van der Waals surface area contributed by atoms with Crippen molar-refractivity contribution in [1.82, 2.24) is 10.5 Å². The van der Waals surface area contributed by atoms with Crippen molar-refractivity contribution in [3.05, 3.63) is 72.3 Å². The first-order chi connectivity index (χ1) is 16.2. The fourth-order valence-electron chi connectivity index (χ4n) is 3.19. The number of hydrogen-bond acceptors (Lipinski definition) is 6. The average Bonchev–Trinajstić information content (AvgIpc) is 3.44. The summed E-state index contributed by atoms with van der Waals surface area (Å²) in [5.41, 5.74) is -1.85. The number of carbonyl (C=O) groups excluding carboxylic acids is 1. The maximum Gasteiger partial charge on any atom is 0.434 e. The molecule has 0 aliphatic carbocycles. The van der Waals surface area contributed by atoms with E-state index in [0.717, 1.165) is 34.9 Å². The number of thiazole rings is 1. The number of hydroxylamine groups is 1. The molecule has 186 valence electrons. The van der Waals surface area contributed by atoms with E-state index in [-0.39, 0.29) is 36.2 Å². The minimum atomic E-state index is -4.91. The van der Waals surface area contributed by atoms with Crippen LogP contribution in [0, 0.1) is 6.92 Å². The molecule has 1 amide bonds. The van der Waals surface area contributed by atoms with E-state index in [4.69, 9.17) is 28.0 Å². The third-order valence-electron chi connectivity index (χ3n) is 4.79. The molecule has 2 N–H and O–H groups in total. The van der Waals surface area contributed by atoms with Crippen molar-refractivity contribution in [3.63, 3.8) is 0 Å². The van der Waals surface area contributed by atoms with E-state index in [1.165, 1.54) is 19.1 Å². The number of nitrogens with zero attached hydrogens (tertiary/aromatic N) is 1. The standard InChI is InChI=1S/C20H11Cl2F6N3O2S2/c1-8-2-13(35-15(8)16(32)30-17-29-14(7-34-17)19(23,24)25)12-6-18(33-31-12,20(26,27)28)9-3-10(21)5-11(22)4-9/h2-7,31H,1H3,(H,29,30,32). The SMILES string of the molecule is Cc1cc(C2=CC(c3cc(Cl)cc(Cl)c3)(C(F)(F)F)ON2)sc1C(=O)Nc1nc(C(F)(F)F)cs1. The molecule has 1 aromatic carbocycles. The van der Waals surface area contributed by atoms with Crippen molar-refractivity contribution < 1.29 is 36.0 Å². The van der Waals surface area contributed by atoms with Gasteiger partial charge in [0.05, 0.1) is 15.5 Å². The van der Waals surface area contributed by atoms with Crippen LogP contribution >= 0.6 is 45.9 Å². The predicted octanol–water partition coefficient (Wildman–Crippen LogP) is 7.42. The number of amides is 1. The molecule has 3 heterocycles. The summed E-state index contributed by atoms with van der Waals surface area (Å²) < 4.78 is 80.6. The molecule has 0 saturated carbocycles. The summed E-state index contributed by atoms with van der Waals surface area (Å²) in [5.74, 6) is -0.759. The van der Waals surface area contributed by atoms with Gasteiger partial charge in [-0.1, -0.05) is 23.2 Å². The third kappa shape index (κ3) is 5.00. The number of thiophene rings is 1. The van der Waals surface area contributed by atoms with Crippen molar-refractivity contribution in [2.45, 2.75) is 24.9 Å². The van der Waals surface area contributed by atoms with Crippen LogP contribution in [0.25, 0.3) is 5.70 Å². The van der Waals surface area contributed by atoms with E-state index in [9.17, 15) is 31.1 Å². The molecule has 1 aliphatic rings. The summed E-state index contributed by atoms with van der Waals surface area (Å²) in [6.45, 7) is 1.53. The lowest BCUT2D eigenvalue weighted by Gasteiger charge is -2.28. The largest absolute Gasteiger partial charge is 0.434 e. The first-order valence-corrected chi connectivity index (χ1v) is 11.8. The molecule has 3 aromatic rings. The molecule has 4 rings (SSSR count). The van der Waals surface area contributed by atoms with E-state index >= 15 is 0 Å². The topological polar surface area (TPSA) is 63.2 Å². The van der Waals surface area contributed by atoms with Crippen LogP contribution in [-0.4, -0.2) is 17.1 Å². The minimum absolute atomic E-state index is 0.0247. The maximum atomic E-state index is 14.2. The first-order valence-electron chi connectivity index (χ1n) is 9.34. The van der Waals surface area contributed by atoms with Crippen LogP contribution < -0.4 is 10.8 Å². The quantitative estimate of drug-likeness (QED) is 0.319. The molecule has 0 bridgehead atoms. The minimum Gasteiger partial charge on any atom is -0.297 e. The van der Waals surface area contributed by atoms with Gasteiger partial charge in [-0.25, -0.2) is 4.98 Å². The summed E-state index contributed by atoms with van der Waals surface area (Å²) in [5, 5.41) is 2.71. The van der Waals surface area contributed by atoms with Crippen molar-refractivity contribution in [1.29, 1.82) is 0 Å². The second kappa shape index (κ2) is 8.96. The second-order valence-electron chi connectivity index (χ2n) is 7.27. The highest BCUT2D eigenvalue weighted by Gasteiger charge is 2.59. The Hall–Kier alpha value is -2.32. The molecule has 0 fully saturated rings. The zero-order valence-corrected chi connectivity index (χ0v) is 20.2. The predicted molar refractivity (Wildman–Crippen MR) is 121 cm³/mol. The fraction of sp³-hybridized carbons (Fsp3) is 0.200. The van der Waals surface area contributed by atoms with Crippen LogP contribution in [0.1, 0.15) is 31.4 Å². The number of hydrogen-bond donors (Lipinski definition) is 2. The van der Waals surface area contributed by atoms with Gasteiger partial charge >= 0.3 is 12.4 Å². The van der Waals surface area contributed by atoms with E-state index in [1.54, 1.807) is 0 Å². The molecule has 2 aromatic heterocycles.